The summed E-state index contributed by atoms with van der Waals surface area (Å²) in [5, 5.41) is 6.12. The highest BCUT2D eigenvalue weighted by molar-refractivity contribution is 5.95. The van der Waals surface area contributed by atoms with Crippen molar-refractivity contribution in [2.45, 2.75) is 13.3 Å². The molecule has 2 heterocycles. The average Bonchev–Trinajstić information content (AvgIpc) is 3.02. The second-order valence-corrected chi connectivity index (χ2v) is 6.07. The fraction of sp³-hybridized carbons (Fsp3) is 0.529. The van der Waals surface area contributed by atoms with Crippen LogP contribution in [-0.2, 0) is 11.2 Å². The van der Waals surface area contributed by atoms with Gasteiger partial charge in [0.05, 0.1) is 6.54 Å². The van der Waals surface area contributed by atoms with Crippen LogP contribution in [-0.4, -0.2) is 67.4 Å². The van der Waals surface area contributed by atoms with Crippen molar-refractivity contribution >= 4 is 42.3 Å². The first-order valence-electron chi connectivity index (χ1n) is 8.32. The summed E-state index contributed by atoms with van der Waals surface area (Å²) in [7, 11) is 0. The number of hydrogen-bond donors (Lipinski definition) is 2. The average molecular weight is 389 g/mol. The minimum Gasteiger partial charge on any atom is -0.384 e. The molecule has 1 aromatic rings. The standard InChI is InChI=1S/C17H24N4O2.2ClH/c1-2-18-16(22)12-20-7-9-21(10-8-20)17(23)14-3-4-15-13(11-14)5-6-19-15;;/h3-4,11,19H,2,5-10,12H2,1H3,(H,18,22);2*1H. The third-order valence-electron chi connectivity index (χ3n) is 4.46. The molecular weight excluding hydrogens is 363 g/mol. The number of halogens is 2. The normalized spacial score (nSPS) is 16.1. The van der Waals surface area contributed by atoms with Gasteiger partial charge in [0.2, 0.25) is 5.91 Å². The van der Waals surface area contributed by atoms with Crippen molar-refractivity contribution in [2.75, 3.05) is 51.1 Å². The number of anilines is 1. The molecule has 25 heavy (non-hydrogen) atoms. The maximum atomic E-state index is 12.6. The van der Waals surface area contributed by atoms with Crippen LogP contribution >= 0.6 is 24.8 Å². The van der Waals surface area contributed by atoms with Gasteiger partial charge in [0.15, 0.2) is 0 Å². The molecule has 1 saturated heterocycles. The number of benzene rings is 1. The zero-order valence-corrected chi connectivity index (χ0v) is 16.0. The van der Waals surface area contributed by atoms with Gasteiger partial charge in [-0.1, -0.05) is 0 Å². The van der Waals surface area contributed by atoms with Crippen molar-refractivity contribution in [3.05, 3.63) is 29.3 Å². The van der Waals surface area contributed by atoms with E-state index in [1.165, 1.54) is 5.56 Å². The highest BCUT2D eigenvalue weighted by atomic mass is 35.5. The Morgan fingerprint density at radius 2 is 1.88 bits per heavy atom. The second-order valence-electron chi connectivity index (χ2n) is 6.07. The Morgan fingerprint density at radius 3 is 2.56 bits per heavy atom. The SMILES string of the molecule is CCNC(=O)CN1CCN(C(=O)c2ccc3c(c2)CCN3)CC1.Cl.Cl. The number of piperazine rings is 1. The van der Waals surface area contributed by atoms with E-state index in [-0.39, 0.29) is 36.6 Å². The number of carbonyl (C=O) groups is 2. The van der Waals surface area contributed by atoms with E-state index in [2.05, 4.69) is 15.5 Å². The largest absolute Gasteiger partial charge is 0.384 e. The van der Waals surface area contributed by atoms with Gasteiger partial charge in [-0.2, -0.15) is 0 Å². The molecule has 0 spiro atoms. The van der Waals surface area contributed by atoms with Gasteiger partial charge < -0.3 is 15.5 Å². The van der Waals surface area contributed by atoms with E-state index in [0.717, 1.165) is 37.3 Å². The molecule has 0 radical (unpaired) electrons. The van der Waals surface area contributed by atoms with E-state index < -0.39 is 0 Å². The molecule has 2 aliphatic heterocycles. The van der Waals surface area contributed by atoms with Gasteiger partial charge in [-0.15, -0.1) is 24.8 Å². The van der Waals surface area contributed by atoms with Crippen LogP contribution in [0.2, 0.25) is 0 Å². The number of rotatable bonds is 4. The minimum atomic E-state index is 0. The number of fused-ring (bicyclic) bond motifs is 1. The molecule has 1 aromatic carbocycles. The van der Waals surface area contributed by atoms with Crippen molar-refractivity contribution in [3.63, 3.8) is 0 Å². The van der Waals surface area contributed by atoms with E-state index in [1.54, 1.807) is 0 Å². The van der Waals surface area contributed by atoms with Crippen LogP contribution in [0.25, 0.3) is 0 Å². The smallest absolute Gasteiger partial charge is 0.253 e. The summed E-state index contributed by atoms with van der Waals surface area (Å²) in [5.74, 6) is 0.149. The van der Waals surface area contributed by atoms with Crippen LogP contribution in [0.1, 0.15) is 22.8 Å². The molecular formula is C17H26Cl2N4O2. The van der Waals surface area contributed by atoms with Crippen LogP contribution in [0, 0.1) is 0 Å². The molecule has 0 aromatic heterocycles. The van der Waals surface area contributed by atoms with Crippen molar-refractivity contribution in [3.8, 4) is 0 Å². The van der Waals surface area contributed by atoms with Gasteiger partial charge in [0, 0.05) is 50.5 Å². The van der Waals surface area contributed by atoms with E-state index in [9.17, 15) is 9.59 Å². The lowest BCUT2D eigenvalue weighted by Gasteiger charge is -2.34. The van der Waals surface area contributed by atoms with Crippen molar-refractivity contribution < 1.29 is 9.59 Å². The van der Waals surface area contributed by atoms with Gasteiger partial charge in [-0.25, -0.2) is 0 Å². The van der Waals surface area contributed by atoms with Gasteiger partial charge in [0.25, 0.3) is 5.91 Å². The zero-order chi connectivity index (χ0) is 16.2. The van der Waals surface area contributed by atoms with Gasteiger partial charge >= 0.3 is 0 Å². The Bertz CT molecular complexity index is 604. The first-order chi connectivity index (χ1) is 11.2. The number of nitrogens with zero attached hydrogens (tertiary/aromatic N) is 2. The third kappa shape index (κ3) is 5.23. The maximum absolute atomic E-state index is 12.6. The topological polar surface area (TPSA) is 64.7 Å². The van der Waals surface area contributed by atoms with E-state index >= 15 is 0 Å². The first-order valence-corrected chi connectivity index (χ1v) is 8.32. The Labute approximate surface area is 161 Å². The van der Waals surface area contributed by atoms with Crippen LogP contribution < -0.4 is 10.6 Å². The van der Waals surface area contributed by atoms with Crippen LogP contribution in [0.15, 0.2) is 18.2 Å². The lowest BCUT2D eigenvalue weighted by molar-refractivity contribution is -0.122. The molecule has 140 valence electrons. The van der Waals surface area contributed by atoms with Crippen molar-refractivity contribution in [2.24, 2.45) is 0 Å². The summed E-state index contributed by atoms with van der Waals surface area (Å²) < 4.78 is 0. The first kappa shape index (κ1) is 21.5. The number of likely N-dealkylation sites (N-methyl/N-ethyl adjacent to an activating group) is 1. The zero-order valence-electron chi connectivity index (χ0n) is 14.4. The number of carbonyl (C=O) groups excluding carboxylic acids is 2. The molecule has 8 heteroatoms. The van der Waals surface area contributed by atoms with E-state index in [0.29, 0.717) is 26.2 Å². The van der Waals surface area contributed by atoms with Crippen LogP contribution in [0.5, 0.6) is 0 Å². The number of nitrogens with one attached hydrogen (secondary N) is 2. The van der Waals surface area contributed by atoms with Crippen LogP contribution in [0.3, 0.4) is 0 Å². The molecule has 0 aliphatic carbocycles. The minimum absolute atomic E-state index is 0. The van der Waals surface area contributed by atoms with Gasteiger partial charge in [-0.05, 0) is 37.1 Å². The summed E-state index contributed by atoms with van der Waals surface area (Å²) in [4.78, 5) is 28.2. The highest BCUT2D eigenvalue weighted by Crippen LogP contribution is 2.23. The van der Waals surface area contributed by atoms with Crippen molar-refractivity contribution in [1.29, 1.82) is 0 Å². The van der Waals surface area contributed by atoms with E-state index in [1.807, 2.05) is 30.0 Å². The van der Waals surface area contributed by atoms with Gasteiger partial charge in [-0.3, -0.25) is 14.5 Å². The highest BCUT2D eigenvalue weighted by Gasteiger charge is 2.24. The Morgan fingerprint density at radius 1 is 1.16 bits per heavy atom. The molecule has 1 fully saturated rings. The van der Waals surface area contributed by atoms with Gasteiger partial charge in [0.1, 0.15) is 0 Å². The fourth-order valence-electron chi connectivity index (χ4n) is 3.19. The summed E-state index contributed by atoms with van der Waals surface area (Å²) in [6.07, 6.45) is 0.983. The summed E-state index contributed by atoms with van der Waals surface area (Å²) in [6, 6.07) is 5.92. The molecule has 3 rings (SSSR count). The molecule has 0 bridgehead atoms. The fourth-order valence-corrected chi connectivity index (χ4v) is 3.19. The predicted octanol–water partition coefficient (Wildman–Crippen LogP) is 1.39. The predicted molar refractivity (Wildman–Crippen MR) is 104 cm³/mol. The lowest BCUT2D eigenvalue weighted by Crippen LogP contribution is -2.51. The monoisotopic (exact) mass is 388 g/mol. The Kier molecular flexibility index (Phi) is 8.48. The molecule has 2 N–H and O–H groups in total. The third-order valence-corrected chi connectivity index (χ3v) is 4.46. The quantitative estimate of drug-likeness (QED) is 0.817. The molecule has 0 saturated carbocycles. The summed E-state index contributed by atoms with van der Waals surface area (Å²) >= 11 is 0. The van der Waals surface area contributed by atoms with Crippen molar-refractivity contribution in [1.82, 2.24) is 15.1 Å². The van der Waals surface area contributed by atoms with Crippen LogP contribution in [0.4, 0.5) is 5.69 Å². The molecule has 6 nitrogen and oxygen atoms in total. The van der Waals surface area contributed by atoms with E-state index in [4.69, 9.17) is 0 Å². The number of amides is 2. The maximum Gasteiger partial charge on any atom is 0.253 e. The molecule has 0 atom stereocenters. The summed E-state index contributed by atoms with van der Waals surface area (Å²) in [5.41, 5.74) is 3.14. The Hall–Kier alpha value is -1.50. The lowest BCUT2D eigenvalue weighted by atomic mass is 10.1. The Balaban J connectivity index is 0.00000156. The summed E-state index contributed by atoms with van der Waals surface area (Å²) in [6.45, 7) is 6.78. The second kappa shape index (κ2) is 9.85. The number of hydrogen-bond acceptors (Lipinski definition) is 4. The molecule has 0 unspecified atom stereocenters. The molecule has 2 amide bonds. The molecule has 2 aliphatic rings.